The number of nitrogens with zero attached hydrogens (tertiary/aromatic N) is 2. The van der Waals surface area contributed by atoms with E-state index in [2.05, 4.69) is 10.3 Å². The van der Waals surface area contributed by atoms with Gasteiger partial charge in [0.25, 0.3) is 0 Å². The molecule has 0 fully saturated rings. The number of hydrogen-bond acceptors (Lipinski definition) is 5. The van der Waals surface area contributed by atoms with Gasteiger partial charge >= 0.3 is 0 Å². The molecule has 2 aromatic heterocycles. The lowest BCUT2D eigenvalue weighted by Crippen LogP contribution is -2.29. The standard InChI is InChI=1S/C26H23N3O4/c1-17-8-13-21-25(32)22(24(31)19-9-11-20(33-2)12-10-19)15-29(26(21)28-17)16-23(30)27-14-18-6-4-3-5-7-18/h3-13,15H,14,16H2,1-2H3,(H,27,30). The number of hydrogen-bond donors (Lipinski definition) is 1. The highest BCUT2D eigenvalue weighted by molar-refractivity contribution is 6.10. The van der Waals surface area contributed by atoms with Crippen molar-refractivity contribution in [2.75, 3.05) is 7.11 Å². The van der Waals surface area contributed by atoms with Gasteiger partial charge in [-0.25, -0.2) is 4.98 Å². The van der Waals surface area contributed by atoms with E-state index >= 15 is 0 Å². The van der Waals surface area contributed by atoms with Crippen molar-refractivity contribution in [1.82, 2.24) is 14.9 Å². The monoisotopic (exact) mass is 441 g/mol. The van der Waals surface area contributed by atoms with Crippen molar-refractivity contribution in [2.45, 2.75) is 20.0 Å². The van der Waals surface area contributed by atoms with Crippen molar-refractivity contribution < 1.29 is 14.3 Å². The van der Waals surface area contributed by atoms with E-state index in [9.17, 15) is 14.4 Å². The van der Waals surface area contributed by atoms with Crippen molar-refractivity contribution in [3.8, 4) is 5.75 Å². The Bertz CT molecular complexity index is 1380. The Labute approximate surface area is 190 Å². The number of benzene rings is 2. The van der Waals surface area contributed by atoms with Crippen LogP contribution in [0, 0.1) is 6.92 Å². The van der Waals surface area contributed by atoms with Crippen LogP contribution in [0.15, 0.2) is 77.7 Å². The lowest BCUT2D eigenvalue weighted by molar-refractivity contribution is -0.121. The summed E-state index contributed by atoms with van der Waals surface area (Å²) in [5.41, 5.74) is 1.96. The fourth-order valence-corrected chi connectivity index (χ4v) is 3.55. The van der Waals surface area contributed by atoms with E-state index in [0.29, 0.717) is 29.2 Å². The molecular formula is C26H23N3O4. The summed E-state index contributed by atoms with van der Waals surface area (Å²) in [5.74, 6) is -0.0734. The summed E-state index contributed by atoms with van der Waals surface area (Å²) < 4.78 is 6.69. The minimum atomic E-state index is -0.427. The van der Waals surface area contributed by atoms with Gasteiger partial charge in [-0.1, -0.05) is 30.3 Å². The molecule has 0 spiro atoms. The second-order valence-corrected chi connectivity index (χ2v) is 7.64. The summed E-state index contributed by atoms with van der Waals surface area (Å²) in [4.78, 5) is 43.4. The van der Waals surface area contributed by atoms with E-state index in [4.69, 9.17) is 4.74 Å². The summed E-state index contributed by atoms with van der Waals surface area (Å²) in [6.45, 7) is 2.10. The van der Waals surface area contributed by atoms with Crippen LogP contribution in [0.1, 0.15) is 27.2 Å². The first kappa shape index (κ1) is 22.0. The van der Waals surface area contributed by atoms with Gasteiger partial charge in [0, 0.05) is 24.0 Å². The third-order valence-electron chi connectivity index (χ3n) is 5.30. The lowest BCUT2D eigenvalue weighted by Gasteiger charge is -2.13. The van der Waals surface area contributed by atoms with Crippen LogP contribution < -0.4 is 15.5 Å². The number of pyridine rings is 2. The molecule has 0 atom stereocenters. The summed E-state index contributed by atoms with van der Waals surface area (Å²) in [5, 5.41) is 3.16. The summed E-state index contributed by atoms with van der Waals surface area (Å²) >= 11 is 0. The number of ketones is 1. The van der Waals surface area contributed by atoms with Gasteiger partial charge in [0.05, 0.1) is 18.1 Å². The number of rotatable bonds is 7. The minimum Gasteiger partial charge on any atom is -0.497 e. The summed E-state index contributed by atoms with van der Waals surface area (Å²) in [7, 11) is 1.54. The molecular weight excluding hydrogens is 418 g/mol. The largest absolute Gasteiger partial charge is 0.497 e. The first-order valence-corrected chi connectivity index (χ1v) is 10.5. The number of carbonyl (C=O) groups excluding carboxylic acids is 2. The number of nitrogens with one attached hydrogen (secondary N) is 1. The maximum atomic E-state index is 13.2. The highest BCUT2D eigenvalue weighted by atomic mass is 16.5. The van der Waals surface area contributed by atoms with Crippen LogP contribution in [0.25, 0.3) is 11.0 Å². The number of aromatic nitrogens is 2. The van der Waals surface area contributed by atoms with Crippen LogP contribution in [0.3, 0.4) is 0 Å². The van der Waals surface area contributed by atoms with Gasteiger partial charge in [-0.2, -0.15) is 0 Å². The molecule has 0 saturated carbocycles. The van der Waals surface area contributed by atoms with Gasteiger partial charge in [-0.05, 0) is 48.9 Å². The molecule has 0 saturated heterocycles. The smallest absolute Gasteiger partial charge is 0.240 e. The van der Waals surface area contributed by atoms with Gasteiger partial charge in [-0.3, -0.25) is 14.4 Å². The number of aryl methyl sites for hydroxylation is 1. The molecule has 0 radical (unpaired) electrons. The summed E-state index contributed by atoms with van der Waals surface area (Å²) in [6.07, 6.45) is 1.42. The maximum absolute atomic E-state index is 13.2. The molecule has 1 amide bonds. The molecule has 2 heterocycles. The second kappa shape index (κ2) is 9.48. The lowest BCUT2D eigenvalue weighted by atomic mass is 10.0. The van der Waals surface area contributed by atoms with E-state index in [-0.39, 0.29) is 23.4 Å². The van der Waals surface area contributed by atoms with Crippen molar-refractivity contribution in [2.24, 2.45) is 0 Å². The van der Waals surface area contributed by atoms with Gasteiger partial charge in [-0.15, -0.1) is 0 Å². The maximum Gasteiger partial charge on any atom is 0.240 e. The molecule has 7 heteroatoms. The average Bonchev–Trinajstić information content (AvgIpc) is 2.84. The van der Waals surface area contributed by atoms with Crippen molar-refractivity contribution in [1.29, 1.82) is 0 Å². The normalized spacial score (nSPS) is 10.7. The van der Waals surface area contributed by atoms with E-state index < -0.39 is 11.2 Å². The Morgan fingerprint density at radius 2 is 1.73 bits per heavy atom. The predicted octanol–water partition coefficient (Wildman–Crippen LogP) is 3.26. The average molecular weight is 441 g/mol. The van der Waals surface area contributed by atoms with E-state index in [0.717, 1.165) is 5.56 Å². The third kappa shape index (κ3) is 4.82. The molecule has 7 nitrogen and oxygen atoms in total. The Hall–Kier alpha value is -4.26. The first-order valence-electron chi connectivity index (χ1n) is 10.5. The predicted molar refractivity (Wildman–Crippen MR) is 125 cm³/mol. The van der Waals surface area contributed by atoms with Crippen LogP contribution >= 0.6 is 0 Å². The minimum absolute atomic E-state index is 0.0193. The van der Waals surface area contributed by atoms with Crippen LogP contribution in [0.4, 0.5) is 0 Å². The van der Waals surface area contributed by atoms with Crippen LogP contribution in [-0.2, 0) is 17.9 Å². The molecule has 33 heavy (non-hydrogen) atoms. The number of methoxy groups -OCH3 is 1. The Kier molecular flexibility index (Phi) is 6.31. The van der Waals surface area contributed by atoms with Gasteiger partial charge < -0.3 is 14.6 Å². The number of ether oxygens (including phenoxy) is 1. The first-order chi connectivity index (χ1) is 16.0. The van der Waals surface area contributed by atoms with Gasteiger partial charge in [0.15, 0.2) is 5.78 Å². The number of amides is 1. The molecule has 0 aliphatic rings. The van der Waals surface area contributed by atoms with Crippen LogP contribution in [-0.4, -0.2) is 28.4 Å². The topological polar surface area (TPSA) is 90.3 Å². The molecule has 0 aliphatic carbocycles. The fourth-order valence-electron chi connectivity index (χ4n) is 3.55. The quantitative estimate of drug-likeness (QED) is 0.445. The van der Waals surface area contributed by atoms with E-state index in [1.807, 2.05) is 30.3 Å². The van der Waals surface area contributed by atoms with Crippen LogP contribution in [0.5, 0.6) is 5.75 Å². The summed E-state index contributed by atoms with van der Waals surface area (Å²) in [6, 6.07) is 19.5. The van der Waals surface area contributed by atoms with E-state index in [1.165, 1.54) is 13.3 Å². The van der Waals surface area contributed by atoms with Crippen molar-refractivity contribution >= 4 is 22.7 Å². The molecule has 4 aromatic rings. The van der Waals surface area contributed by atoms with Crippen molar-refractivity contribution in [3.05, 3.63) is 106 Å². The zero-order valence-electron chi connectivity index (χ0n) is 18.4. The molecule has 1 N–H and O–H groups in total. The zero-order chi connectivity index (χ0) is 23.4. The Morgan fingerprint density at radius 1 is 1.00 bits per heavy atom. The van der Waals surface area contributed by atoms with E-state index in [1.54, 1.807) is 47.9 Å². The highest BCUT2D eigenvalue weighted by Crippen LogP contribution is 2.16. The number of carbonyl (C=O) groups is 2. The third-order valence-corrected chi connectivity index (χ3v) is 5.30. The van der Waals surface area contributed by atoms with Crippen LogP contribution in [0.2, 0.25) is 0 Å². The highest BCUT2D eigenvalue weighted by Gasteiger charge is 2.19. The Balaban J connectivity index is 1.69. The molecule has 4 rings (SSSR count). The van der Waals surface area contributed by atoms with Gasteiger partial charge in [0.2, 0.25) is 11.3 Å². The Morgan fingerprint density at radius 3 is 2.42 bits per heavy atom. The molecule has 0 bridgehead atoms. The fraction of sp³-hybridized carbons (Fsp3) is 0.154. The van der Waals surface area contributed by atoms with Gasteiger partial charge in [0.1, 0.15) is 17.9 Å². The SMILES string of the molecule is COc1ccc(C(=O)c2cn(CC(=O)NCc3ccccc3)c3nc(C)ccc3c2=O)cc1. The van der Waals surface area contributed by atoms with Crippen molar-refractivity contribution in [3.63, 3.8) is 0 Å². The zero-order valence-corrected chi connectivity index (χ0v) is 18.4. The molecule has 2 aromatic carbocycles. The molecule has 0 aliphatic heterocycles. The second-order valence-electron chi connectivity index (χ2n) is 7.64. The molecule has 0 unspecified atom stereocenters. The molecule has 166 valence electrons. The number of fused-ring (bicyclic) bond motifs is 1.